The molecule has 0 saturated carbocycles. The average Bonchev–Trinajstić information content (AvgIpc) is 3.20. The topological polar surface area (TPSA) is 85.8 Å². The third-order valence-electron chi connectivity index (χ3n) is 6.30. The molecule has 182 valence electrons. The van der Waals surface area contributed by atoms with Crippen molar-refractivity contribution in [3.63, 3.8) is 0 Å². The number of carbonyl (C=O) groups is 1. The van der Waals surface area contributed by atoms with Crippen LogP contribution in [0.1, 0.15) is 39.5 Å². The molecule has 8 nitrogen and oxygen atoms in total. The molecule has 0 radical (unpaired) electrons. The fourth-order valence-electron chi connectivity index (χ4n) is 4.36. The standard InChI is InChI=1S/C25H32N4O4S/c1-16-21-24(33-4)27-20(15-31-2)28-25(21)34-22(16)23(30)26-13-17-9-11-29(12-10-17)14-18-5-7-19(32-3)8-6-18/h5-8,17H,9-15H2,1-4H3,(H,26,30). The van der Waals surface area contributed by atoms with E-state index in [1.165, 1.54) is 16.9 Å². The van der Waals surface area contributed by atoms with Gasteiger partial charge in [-0.15, -0.1) is 11.3 Å². The molecule has 1 aliphatic heterocycles. The van der Waals surface area contributed by atoms with E-state index >= 15 is 0 Å². The van der Waals surface area contributed by atoms with Crippen LogP contribution in [0, 0.1) is 12.8 Å². The molecule has 3 heterocycles. The van der Waals surface area contributed by atoms with Crippen molar-refractivity contribution >= 4 is 27.5 Å². The highest BCUT2D eigenvalue weighted by Crippen LogP contribution is 2.35. The van der Waals surface area contributed by atoms with Crippen LogP contribution < -0.4 is 14.8 Å². The lowest BCUT2D eigenvalue weighted by Gasteiger charge is -2.32. The number of rotatable bonds is 9. The number of ether oxygens (including phenoxy) is 3. The van der Waals surface area contributed by atoms with Gasteiger partial charge >= 0.3 is 0 Å². The number of hydrogen-bond acceptors (Lipinski definition) is 8. The van der Waals surface area contributed by atoms with E-state index in [-0.39, 0.29) is 5.91 Å². The number of likely N-dealkylation sites (tertiary alicyclic amines) is 1. The van der Waals surface area contributed by atoms with Crippen LogP contribution in [0.4, 0.5) is 0 Å². The number of methoxy groups -OCH3 is 3. The number of nitrogens with zero attached hydrogens (tertiary/aromatic N) is 3. The number of fused-ring (bicyclic) bond motifs is 1. The predicted octanol–water partition coefficient (Wildman–Crippen LogP) is 3.81. The van der Waals surface area contributed by atoms with Crippen LogP contribution in [0.2, 0.25) is 0 Å². The summed E-state index contributed by atoms with van der Waals surface area (Å²) in [7, 11) is 4.86. The first-order valence-electron chi connectivity index (χ1n) is 11.5. The van der Waals surface area contributed by atoms with E-state index in [0.29, 0.717) is 35.7 Å². The zero-order chi connectivity index (χ0) is 24.1. The van der Waals surface area contributed by atoms with E-state index < -0.39 is 0 Å². The molecule has 0 spiro atoms. The number of carbonyl (C=O) groups excluding carboxylic acids is 1. The maximum atomic E-state index is 13.0. The largest absolute Gasteiger partial charge is 0.497 e. The number of aromatic nitrogens is 2. The minimum Gasteiger partial charge on any atom is -0.497 e. The first kappa shape index (κ1) is 24.4. The quantitative estimate of drug-likeness (QED) is 0.494. The van der Waals surface area contributed by atoms with Crippen molar-refractivity contribution in [3.8, 4) is 11.6 Å². The second-order valence-corrected chi connectivity index (χ2v) is 9.60. The Morgan fingerprint density at radius 2 is 1.85 bits per heavy atom. The second kappa shape index (κ2) is 11.1. The lowest BCUT2D eigenvalue weighted by Crippen LogP contribution is -2.38. The maximum absolute atomic E-state index is 13.0. The number of amides is 1. The normalized spacial score (nSPS) is 14.9. The van der Waals surface area contributed by atoms with Gasteiger partial charge in [0, 0.05) is 20.2 Å². The summed E-state index contributed by atoms with van der Waals surface area (Å²) in [6.45, 7) is 5.90. The molecule has 1 aromatic carbocycles. The molecule has 1 aliphatic rings. The van der Waals surface area contributed by atoms with Crippen molar-refractivity contribution in [1.82, 2.24) is 20.2 Å². The van der Waals surface area contributed by atoms with Crippen LogP contribution in [0.3, 0.4) is 0 Å². The fourth-order valence-corrected chi connectivity index (χ4v) is 5.46. The van der Waals surface area contributed by atoms with Crippen LogP contribution in [0.5, 0.6) is 11.6 Å². The Hall–Kier alpha value is -2.75. The molecule has 1 saturated heterocycles. The van der Waals surface area contributed by atoms with Crippen LogP contribution in [0.15, 0.2) is 24.3 Å². The molecule has 0 bridgehead atoms. The van der Waals surface area contributed by atoms with Gasteiger partial charge in [-0.1, -0.05) is 12.1 Å². The van der Waals surface area contributed by atoms with Crippen molar-refractivity contribution in [1.29, 1.82) is 0 Å². The van der Waals surface area contributed by atoms with Gasteiger partial charge in [0.2, 0.25) is 5.88 Å². The van der Waals surface area contributed by atoms with Gasteiger partial charge in [0.1, 0.15) is 17.2 Å². The number of nitrogens with one attached hydrogen (secondary N) is 1. The van der Waals surface area contributed by atoms with E-state index in [4.69, 9.17) is 14.2 Å². The first-order valence-corrected chi connectivity index (χ1v) is 12.3. The Labute approximate surface area is 204 Å². The van der Waals surface area contributed by atoms with E-state index in [9.17, 15) is 4.79 Å². The molecule has 0 aliphatic carbocycles. The molecule has 9 heteroatoms. The summed E-state index contributed by atoms with van der Waals surface area (Å²) in [4.78, 5) is 25.9. The third kappa shape index (κ3) is 5.48. The Morgan fingerprint density at radius 1 is 1.12 bits per heavy atom. The number of hydrogen-bond donors (Lipinski definition) is 1. The van der Waals surface area contributed by atoms with Gasteiger partial charge in [0.25, 0.3) is 5.91 Å². The summed E-state index contributed by atoms with van der Waals surface area (Å²) >= 11 is 1.38. The SMILES string of the molecule is COCc1nc(OC)c2c(C)c(C(=O)NCC3CCN(Cc4ccc(OC)cc4)CC3)sc2n1. The maximum Gasteiger partial charge on any atom is 0.261 e. The zero-order valence-corrected chi connectivity index (χ0v) is 21.0. The van der Waals surface area contributed by atoms with Crippen molar-refractivity contribution in [2.24, 2.45) is 5.92 Å². The monoisotopic (exact) mass is 484 g/mol. The van der Waals surface area contributed by atoms with Gasteiger partial charge in [-0.3, -0.25) is 9.69 Å². The van der Waals surface area contributed by atoms with Gasteiger partial charge < -0.3 is 19.5 Å². The van der Waals surface area contributed by atoms with E-state index in [1.807, 2.05) is 19.1 Å². The van der Waals surface area contributed by atoms with Crippen molar-refractivity contribution in [2.75, 3.05) is 41.0 Å². The van der Waals surface area contributed by atoms with Gasteiger partial charge in [-0.25, -0.2) is 4.98 Å². The summed E-state index contributed by atoms with van der Waals surface area (Å²) in [5.41, 5.74) is 2.15. The van der Waals surface area contributed by atoms with E-state index in [1.54, 1.807) is 21.3 Å². The molecule has 1 amide bonds. The Kier molecular flexibility index (Phi) is 7.97. The predicted molar refractivity (Wildman–Crippen MR) is 133 cm³/mol. The zero-order valence-electron chi connectivity index (χ0n) is 20.2. The van der Waals surface area contributed by atoms with Gasteiger partial charge in [-0.05, 0) is 62.0 Å². The Morgan fingerprint density at radius 3 is 2.50 bits per heavy atom. The Balaban J connectivity index is 1.33. The molecular formula is C25H32N4O4S. The van der Waals surface area contributed by atoms with Gasteiger partial charge in [0.05, 0.1) is 24.5 Å². The number of benzene rings is 1. The van der Waals surface area contributed by atoms with Crippen molar-refractivity contribution in [3.05, 3.63) is 46.1 Å². The number of thiophene rings is 1. The molecule has 2 aromatic heterocycles. The Bertz CT molecular complexity index is 1120. The molecule has 3 aromatic rings. The summed E-state index contributed by atoms with van der Waals surface area (Å²) in [5, 5.41) is 3.95. The molecule has 34 heavy (non-hydrogen) atoms. The smallest absolute Gasteiger partial charge is 0.261 e. The average molecular weight is 485 g/mol. The molecule has 0 atom stereocenters. The number of piperidine rings is 1. The van der Waals surface area contributed by atoms with Crippen LogP contribution >= 0.6 is 11.3 Å². The lowest BCUT2D eigenvalue weighted by atomic mass is 9.96. The number of aryl methyl sites for hydroxylation is 1. The van der Waals surface area contributed by atoms with Crippen molar-refractivity contribution in [2.45, 2.75) is 32.9 Å². The first-order chi connectivity index (χ1) is 16.5. The highest BCUT2D eigenvalue weighted by Gasteiger charge is 2.23. The fraction of sp³-hybridized carbons (Fsp3) is 0.480. The molecule has 0 unspecified atom stereocenters. The van der Waals surface area contributed by atoms with E-state index in [0.717, 1.165) is 54.0 Å². The lowest BCUT2D eigenvalue weighted by molar-refractivity contribution is 0.0939. The van der Waals surface area contributed by atoms with E-state index in [2.05, 4.69) is 32.3 Å². The molecule has 1 fully saturated rings. The summed E-state index contributed by atoms with van der Waals surface area (Å²) in [6, 6.07) is 8.26. The highest BCUT2D eigenvalue weighted by molar-refractivity contribution is 7.20. The van der Waals surface area contributed by atoms with Crippen LogP contribution in [-0.2, 0) is 17.9 Å². The third-order valence-corrected chi connectivity index (χ3v) is 7.48. The van der Waals surface area contributed by atoms with Gasteiger partial charge in [-0.2, -0.15) is 4.98 Å². The minimum absolute atomic E-state index is 0.0588. The minimum atomic E-state index is -0.0588. The van der Waals surface area contributed by atoms with Gasteiger partial charge in [0.15, 0.2) is 5.82 Å². The van der Waals surface area contributed by atoms with Crippen molar-refractivity contribution < 1.29 is 19.0 Å². The molecule has 4 rings (SSSR count). The molecule has 1 N–H and O–H groups in total. The van der Waals surface area contributed by atoms with Crippen LogP contribution in [-0.4, -0.2) is 61.7 Å². The summed E-state index contributed by atoms with van der Waals surface area (Å²) < 4.78 is 15.9. The second-order valence-electron chi connectivity index (χ2n) is 8.60. The summed E-state index contributed by atoms with van der Waals surface area (Å²) in [6.07, 6.45) is 2.14. The summed E-state index contributed by atoms with van der Waals surface area (Å²) in [5.74, 6) is 2.33. The molecular weight excluding hydrogens is 452 g/mol. The highest BCUT2D eigenvalue weighted by atomic mass is 32.1. The van der Waals surface area contributed by atoms with Crippen LogP contribution in [0.25, 0.3) is 10.2 Å².